The maximum Gasteiger partial charge on any atom is 0.410 e. The van der Waals surface area contributed by atoms with Crippen molar-refractivity contribution in [2.75, 3.05) is 5.32 Å². The number of amides is 2. The monoisotopic (exact) mass is 412 g/mol. The van der Waals surface area contributed by atoms with Crippen LogP contribution in [0.3, 0.4) is 0 Å². The number of ether oxygens (including phenoxy) is 1. The van der Waals surface area contributed by atoms with Crippen LogP contribution in [0.2, 0.25) is 5.02 Å². The zero-order chi connectivity index (χ0) is 20.8. The van der Waals surface area contributed by atoms with Crippen molar-refractivity contribution in [2.24, 2.45) is 0 Å². The molecule has 8 heteroatoms. The second-order valence-electron chi connectivity index (χ2n) is 8.06. The van der Waals surface area contributed by atoms with Crippen LogP contribution in [0.25, 0.3) is 10.9 Å². The fourth-order valence-corrected chi connectivity index (χ4v) is 3.55. The lowest BCUT2D eigenvalue weighted by Crippen LogP contribution is -2.33. The number of H-pyrrole nitrogens is 1. The molecule has 2 amide bonds. The second kappa shape index (κ2) is 7.08. The van der Waals surface area contributed by atoms with Gasteiger partial charge in [-0.25, -0.2) is 4.79 Å². The van der Waals surface area contributed by atoms with E-state index in [1.165, 1.54) is 0 Å². The van der Waals surface area contributed by atoms with Gasteiger partial charge in [-0.3, -0.25) is 14.8 Å². The SMILES string of the molecule is CC(C)(C)OC(=O)N1Cc2ccc(NC(=O)c3cc(Cl)cc4[nH]ncc34)cc2C1. The van der Waals surface area contributed by atoms with E-state index in [0.29, 0.717) is 40.3 Å². The molecule has 7 nitrogen and oxygen atoms in total. The third kappa shape index (κ3) is 4.05. The van der Waals surface area contributed by atoms with Crippen molar-refractivity contribution >= 4 is 40.2 Å². The number of halogens is 1. The summed E-state index contributed by atoms with van der Waals surface area (Å²) in [7, 11) is 0. The zero-order valence-electron chi connectivity index (χ0n) is 16.4. The van der Waals surface area contributed by atoms with Crippen molar-refractivity contribution in [1.29, 1.82) is 0 Å². The fourth-order valence-electron chi connectivity index (χ4n) is 3.33. The van der Waals surface area contributed by atoms with Gasteiger partial charge in [-0.05, 0) is 56.2 Å². The molecule has 0 atom stereocenters. The van der Waals surface area contributed by atoms with Gasteiger partial charge >= 0.3 is 6.09 Å². The minimum absolute atomic E-state index is 0.277. The highest BCUT2D eigenvalue weighted by molar-refractivity contribution is 6.32. The molecule has 3 aromatic rings. The lowest BCUT2D eigenvalue weighted by Gasteiger charge is -2.24. The molecule has 0 fully saturated rings. The molecule has 29 heavy (non-hydrogen) atoms. The van der Waals surface area contributed by atoms with Gasteiger partial charge in [0.15, 0.2) is 0 Å². The molecule has 0 radical (unpaired) electrons. The maximum atomic E-state index is 12.8. The normalized spacial score (nSPS) is 13.4. The van der Waals surface area contributed by atoms with E-state index in [1.54, 1.807) is 23.2 Å². The van der Waals surface area contributed by atoms with Gasteiger partial charge in [-0.1, -0.05) is 17.7 Å². The molecule has 2 aromatic carbocycles. The standard InChI is InChI=1S/C21H21ClN4O3/c1-21(2,3)29-20(28)26-10-12-4-5-15(6-13(12)11-26)24-19(27)16-7-14(22)8-18-17(16)9-23-25-18/h4-9H,10-11H2,1-3H3,(H,23,25)(H,24,27). The predicted octanol–water partition coefficient (Wildman–Crippen LogP) is 4.72. The van der Waals surface area contributed by atoms with Crippen molar-refractivity contribution in [3.05, 3.63) is 58.2 Å². The molecule has 0 saturated heterocycles. The number of hydrogen-bond donors (Lipinski definition) is 2. The van der Waals surface area contributed by atoms with Crippen LogP contribution < -0.4 is 5.32 Å². The first-order valence-corrected chi connectivity index (χ1v) is 9.61. The number of anilines is 1. The third-order valence-corrected chi connectivity index (χ3v) is 4.82. The molecule has 0 unspecified atom stereocenters. The Bertz CT molecular complexity index is 1120. The number of carbonyl (C=O) groups is 2. The molecule has 150 valence electrons. The Hall–Kier alpha value is -3.06. The van der Waals surface area contributed by atoms with Crippen LogP contribution in [-0.2, 0) is 17.8 Å². The molecule has 1 aliphatic rings. The minimum atomic E-state index is -0.541. The summed E-state index contributed by atoms with van der Waals surface area (Å²) in [6.45, 7) is 6.46. The van der Waals surface area contributed by atoms with Crippen LogP contribution >= 0.6 is 11.6 Å². The Kier molecular flexibility index (Phi) is 4.70. The largest absolute Gasteiger partial charge is 0.444 e. The molecule has 4 rings (SSSR count). The number of nitrogens with zero attached hydrogens (tertiary/aromatic N) is 2. The van der Waals surface area contributed by atoms with Gasteiger partial charge in [0, 0.05) is 29.2 Å². The van der Waals surface area contributed by atoms with E-state index in [0.717, 1.165) is 11.1 Å². The van der Waals surface area contributed by atoms with E-state index >= 15 is 0 Å². The summed E-state index contributed by atoms with van der Waals surface area (Å²) in [4.78, 5) is 26.8. The highest BCUT2D eigenvalue weighted by atomic mass is 35.5. The third-order valence-electron chi connectivity index (χ3n) is 4.61. The number of aromatic amines is 1. The van der Waals surface area contributed by atoms with Gasteiger partial charge in [0.05, 0.1) is 17.3 Å². The molecule has 1 aliphatic heterocycles. The van der Waals surface area contributed by atoms with Crippen molar-refractivity contribution in [3.8, 4) is 0 Å². The average Bonchev–Trinajstić information content (AvgIpc) is 3.25. The van der Waals surface area contributed by atoms with Crippen molar-refractivity contribution < 1.29 is 14.3 Å². The van der Waals surface area contributed by atoms with Gasteiger partial charge in [0.25, 0.3) is 5.91 Å². The molecule has 0 bridgehead atoms. The molecule has 1 aromatic heterocycles. The highest BCUT2D eigenvalue weighted by Gasteiger charge is 2.28. The first kappa shape index (κ1) is 19.3. The minimum Gasteiger partial charge on any atom is -0.444 e. The average molecular weight is 413 g/mol. The predicted molar refractivity (Wildman–Crippen MR) is 111 cm³/mol. The van der Waals surface area contributed by atoms with Gasteiger partial charge in [-0.15, -0.1) is 0 Å². The smallest absolute Gasteiger partial charge is 0.410 e. The van der Waals surface area contributed by atoms with Gasteiger partial charge < -0.3 is 10.1 Å². The number of rotatable bonds is 2. The van der Waals surface area contributed by atoms with Crippen LogP contribution in [0.15, 0.2) is 36.5 Å². The lowest BCUT2D eigenvalue weighted by molar-refractivity contribution is 0.0241. The Morgan fingerprint density at radius 1 is 1.17 bits per heavy atom. The zero-order valence-corrected chi connectivity index (χ0v) is 17.1. The van der Waals surface area contributed by atoms with Crippen LogP contribution in [0.4, 0.5) is 10.5 Å². The van der Waals surface area contributed by atoms with Crippen LogP contribution in [0.5, 0.6) is 0 Å². The number of fused-ring (bicyclic) bond motifs is 2. The first-order valence-electron chi connectivity index (χ1n) is 9.23. The second-order valence-corrected chi connectivity index (χ2v) is 8.50. The van der Waals surface area contributed by atoms with E-state index in [9.17, 15) is 9.59 Å². The number of nitrogens with one attached hydrogen (secondary N) is 2. The topological polar surface area (TPSA) is 87.3 Å². The highest BCUT2D eigenvalue weighted by Crippen LogP contribution is 2.28. The van der Waals surface area contributed by atoms with E-state index in [2.05, 4.69) is 15.5 Å². The Morgan fingerprint density at radius 3 is 2.69 bits per heavy atom. The van der Waals surface area contributed by atoms with E-state index in [-0.39, 0.29) is 12.0 Å². The van der Waals surface area contributed by atoms with Gasteiger partial charge in [0.1, 0.15) is 5.60 Å². The summed E-state index contributed by atoms with van der Waals surface area (Å²) in [6, 6.07) is 8.97. The molecule has 0 saturated carbocycles. The Balaban J connectivity index is 1.51. The van der Waals surface area contributed by atoms with Crippen molar-refractivity contribution in [2.45, 2.75) is 39.5 Å². The molecular formula is C21H21ClN4O3. The van der Waals surface area contributed by atoms with Crippen LogP contribution in [-0.4, -0.2) is 32.7 Å². The van der Waals surface area contributed by atoms with Crippen LogP contribution in [0, 0.1) is 0 Å². The molecule has 2 N–H and O–H groups in total. The molecule has 0 spiro atoms. The van der Waals surface area contributed by atoms with E-state index in [1.807, 2.05) is 39.0 Å². The molecule has 2 heterocycles. The Labute approximate surface area is 173 Å². The molecular weight excluding hydrogens is 392 g/mol. The van der Waals surface area contributed by atoms with Crippen molar-refractivity contribution in [1.82, 2.24) is 15.1 Å². The summed E-state index contributed by atoms with van der Waals surface area (Å²) in [5.41, 5.74) is 3.26. The summed E-state index contributed by atoms with van der Waals surface area (Å²) in [6.07, 6.45) is 1.25. The van der Waals surface area contributed by atoms with Crippen molar-refractivity contribution in [3.63, 3.8) is 0 Å². The fraction of sp³-hybridized carbons (Fsp3) is 0.286. The quantitative estimate of drug-likeness (QED) is 0.637. The number of hydrogen-bond acceptors (Lipinski definition) is 4. The van der Waals surface area contributed by atoms with E-state index < -0.39 is 5.60 Å². The van der Waals surface area contributed by atoms with E-state index in [4.69, 9.17) is 16.3 Å². The van der Waals surface area contributed by atoms with Gasteiger partial charge in [0.2, 0.25) is 0 Å². The summed E-state index contributed by atoms with van der Waals surface area (Å²) in [5.74, 6) is -0.277. The Morgan fingerprint density at radius 2 is 1.93 bits per heavy atom. The number of carbonyl (C=O) groups excluding carboxylic acids is 2. The molecule has 0 aliphatic carbocycles. The summed E-state index contributed by atoms with van der Waals surface area (Å²) in [5, 5.41) is 10.9. The lowest BCUT2D eigenvalue weighted by atomic mass is 10.1. The summed E-state index contributed by atoms with van der Waals surface area (Å²) >= 11 is 6.12. The first-order chi connectivity index (χ1) is 13.7. The van der Waals surface area contributed by atoms with Gasteiger partial charge in [-0.2, -0.15) is 5.10 Å². The number of benzene rings is 2. The summed E-state index contributed by atoms with van der Waals surface area (Å²) < 4.78 is 5.45. The number of aromatic nitrogens is 2. The maximum absolute atomic E-state index is 12.8. The van der Waals surface area contributed by atoms with Crippen LogP contribution in [0.1, 0.15) is 42.3 Å².